The predicted octanol–water partition coefficient (Wildman–Crippen LogP) is 4.44. The summed E-state index contributed by atoms with van der Waals surface area (Å²) < 4.78 is 5.47. The topological polar surface area (TPSA) is 78.0 Å². The number of likely N-dealkylation sites (tertiary alicyclic amines) is 1. The molecular weight excluding hydrogens is 529 g/mol. The van der Waals surface area contributed by atoms with Crippen LogP contribution in [0.25, 0.3) is 0 Å². The van der Waals surface area contributed by atoms with Crippen LogP contribution >= 0.6 is 24.0 Å². The van der Waals surface area contributed by atoms with Crippen molar-refractivity contribution in [3.63, 3.8) is 0 Å². The number of carbonyl (C=O) groups excluding carboxylic acids is 1. The molecule has 2 fully saturated rings. The molecule has 1 aromatic rings. The zero-order valence-electron chi connectivity index (χ0n) is 20.6. The first-order valence-corrected chi connectivity index (χ1v) is 12.1. The molecule has 0 spiro atoms. The summed E-state index contributed by atoms with van der Waals surface area (Å²) in [6.07, 6.45) is 7.36. The predicted molar refractivity (Wildman–Crippen MR) is 145 cm³/mol. The summed E-state index contributed by atoms with van der Waals surface area (Å²) in [6, 6.07) is 11.0. The average molecular weight is 572 g/mol. The number of benzene rings is 1. The van der Waals surface area contributed by atoms with Gasteiger partial charge < -0.3 is 25.6 Å². The molecule has 1 amide bonds. The fraction of sp³-hybridized carbons (Fsp3) is 0.680. The first-order valence-electron chi connectivity index (χ1n) is 12.1. The standard InChI is InChI=1S/C25H41N5O2.HI/c1-25(2,3)32-24(31)29-22(19-10-6-5-7-11-19)18-27-23(26-4)28-20-14-16-30(17-15-20)21-12-8-9-13-21;/h5-7,10-11,20-22H,8-9,12-18H2,1-4H3,(H,29,31)(H2,26,27,28);1H. The number of hydrogen-bond donors (Lipinski definition) is 3. The molecule has 1 aliphatic carbocycles. The fourth-order valence-electron chi connectivity index (χ4n) is 4.65. The van der Waals surface area contributed by atoms with Crippen LogP contribution in [-0.4, -0.2) is 61.3 Å². The number of halogens is 1. The lowest BCUT2D eigenvalue weighted by molar-refractivity contribution is 0.0504. The van der Waals surface area contributed by atoms with E-state index in [2.05, 4.69) is 25.8 Å². The van der Waals surface area contributed by atoms with E-state index < -0.39 is 11.7 Å². The lowest BCUT2D eigenvalue weighted by Gasteiger charge is -2.36. The second-order valence-electron chi connectivity index (χ2n) is 9.96. The van der Waals surface area contributed by atoms with E-state index >= 15 is 0 Å². The van der Waals surface area contributed by atoms with Crippen LogP contribution in [0, 0.1) is 0 Å². The maximum absolute atomic E-state index is 12.4. The molecule has 1 unspecified atom stereocenters. The van der Waals surface area contributed by atoms with Crippen LogP contribution < -0.4 is 16.0 Å². The van der Waals surface area contributed by atoms with Crippen molar-refractivity contribution in [3.8, 4) is 0 Å². The number of rotatable bonds is 6. The number of piperidine rings is 1. The highest BCUT2D eigenvalue weighted by Crippen LogP contribution is 2.26. The number of ether oxygens (including phenoxy) is 1. The molecule has 186 valence electrons. The Bertz CT molecular complexity index is 739. The van der Waals surface area contributed by atoms with Gasteiger partial charge in [0.2, 0.25) is 0 Å². The highest BCUT2D eigenvalue weighted by Gasteiger charge is 2.27. The first-order chi connectivity index (χ1) is 15.3. The van der Waals surface area contributed by atoms with Gasteiger partial charge in [-0.2, -0.15) is 0 Å². The van der Waals surface area contributed by atoms with E-state index in [0.29, 0.717) is 12.6 Å². The number of carbonyl (C=O) groups is 1. The Labute approximate surface area is 216 Å². The number of aliphatic imine (C=N–C) groups is 1. The third-order valence-corrected chi connectivity index (χ3v) is 6.30. The second kappa shape index (κ2) is 13.4. The van der Waals surface area contributed by atoms with Crippen LogP contribution in [0.1, 0.15) is 70.9 Å². The van der Waals surface area contributed by atoms with Crippen molar-refractivity contribution < 1.29 is 9.53 Å². The highest BCUT2D eigenvalue weighted by molar-refractivity contribution is 14.0. The van der Waals surface area contributed by atoms with Crippen molar-refractivity contribution in [2.45, 2.75) is 83.0 Å². The normalized spacial score (nSPS) is 19.5. The van der Waals surface area contributed by atoms with Gasteiger partial charge in [0.1, 0.15) is 5.60 Å². The van der Waals surface area contributed by atoms with Crippen molar-refractivity contribution in [2.24, 2.45) is 4.99 Å². The van der Waals surface area contributed by atoms with Crippen molar-refractivity contribution in [1.82, 2.24) is 20.9 Å². The molecule has 1 aliphatic heterocycles. The molecular formula is C25H42IN5O2. The second-order valence-corrected chi connectivity index (χ2v) is 9.96. The molecule has 1 atom stereocenters. The molecule has 0 bridgehead atoms. The lowest BCUT2D eigenvalue weighted by atomic mass is 10.0. The van der Waals surface area contributed by atoms with E-state index in [9.17, 15) is 4.79 Å². The molecule has 3 N–H and O–H groups in total. The monoisotopic (exact) mass is 571 g/mol. The average Bonchev–Trinajstić information content (AvgIpc) is 3.30. The smallest absolute Gasteiger partial charge is 0.408 e. The Morgan fingerprint density at radius 1 is 1.12 bits per heavy atom. The molecule has 1 saturated heterocycles. The number of guanidine groups is 1. The number of nitrogens with one attached hydrogen (secondary N) is 3. The molecule has 2 aliphatic rings. The van der Waals surface area contributed by atoms with E-state index in [0.717, 1.165) is 43.5 Å². The molecule has 0 radical (unpaired) electrons. The zero-order valence-corrected chi connectivity index (χ0v) is 22.9. The largest absolute Gasteiger partial charge is 0.444 e. The zero-order chi connectivity index (χ0) is 23.0. The van der Waals surface area contributed by atoms with E-state index in [1.807, 2.05) is 51.1 Å². The van der Waals surface area contributed by atoms with E-state index in [1.54, 1.807) is 7.05 Å². The van der Waals surface area contributed by atoms with Gasteiger partial charge in [-0.05, 0) is 52.0 Å². The van der Waals surface area contributed by atoms with Gasteiger partial charge in [-0.15, -0.1) is 24.0 Å². The number of alkyl carbamates (subject to hydrolysis) is 1. The Hall–Kier alpha value is -1.55. The van der Waals surface area contributed by atoms with E-state index in [4.69, 9.17) is 4.74 Å². The Balaban J connectivity index is 0.00000385. The van der Waals surface area contributed by atoms with Gasteiger partial charge in [-0.1, -0.05) is 43.2 Å². The molecule has 33 heavy (non-hydrogen) atoms. The summed E-state index contributed by atoms with van der Waals surface area (Å²) in [5.74, 6) is 0.774. The minimum absolute atomic E-state index is 0. The lowest BCUT2D eigenvalue weighted by Crippen LogP contribution is -2.51. The van der Waals surface area contributed by atoms with Crippen LogP contribution in [0.3, 0.4) is 0 Å². The van der Waals surface area contributed by atoms with Crippen LogP contribution in [0.5, 0.6) is 0 Å². The summed E-state index contributed by atoms with van der Waals surface area (Å²) in [5.41, 5.74) is 0.482. The first kappa shape index (κ1) is 27.7. The fourth-order valence-corrected chi connectivity index (χ4v) is 4.65. The van der Waals surface area contributed by atoms with Gasteiger partial charge in [-0.3, -0.25) is 4.99 Å². The third kappa shape index (κ3) is 9.31. The number of hydrogen-bond acceptors (Lipinski definition) is 4. The van der Waals surface area contributed by atoms with Crippen molar-refractivity contribution in [3.05, 3.63) is 35.9 Å². The summed E-state index contributed by atoms with van der Waals surface area (Å²) >= 11 is 0. The third-order valence-electron chi connectivity index (χ3n) is 6.30. The van der Waals surface area contributed by atoms with Crippen molar-refractivity contribution in [1.29, 1.82) is 0 Å². The molecule has 3 rings (SSSR count). The van der Waals surface area contributed by atoms with Gasteiger partial charge in [0, 0.05) is 38.8 Å². The van der Waals surface area contributed by atoms with Gasteiger partial charge in [0.25, 0.3) is 0 Å². The number of nitrogens with zero attached hydrogens (tertiary/aromatic N) is 2. The van der Waals surface area contributed by atoms with E-state index in [-0.39, 0.29) is 30.0 Å². The van der Waals surface area contributed by atoms with Crippen molar-refractivity contribution >= 4 is 36.0 Å². The highest BCUT2D eigenvalue weighted by atomic mass is 127. The van der Waals surface area contributed by atoms with Crippen molar-refractivity contribution in [2.75, 3.05) is 26.7 Å². The quantitative estimate of drug-likeness (QED) is 0.268. The molecule has 1 heterocycles. The van der Waals surface area contributed by atoms with Gasteiger partial charge in [0.05, 0.1) is 6.04 Å². The summed E-state index contributed by atoms with van der Waals surface area (Å²) in [6.45, 7) is 8.44. The van der Waals surface area contributed by atoms with Gasteiger partial charge >= 0.3 is 6.09 Å². The Kier molecular flexibility index (Phi) is 11.2. The minimum atomic E-state index is -0.538. The molecule has 1 saturated carbocycles. The van der Waals surface area contributed by atoms with E-state index in [1.165, 1.54) is 25.7 Å². The molecule has 1 aromatic carbocycles. The Morgan fingerprint density at radius 2 is 1.76 bits per heavy atom. The van der Waals surface area contributed by atoms with Gasteiger partial charge in [0.15, 0.2) is 5.96 Å². The summed E-state index contributed by atoms with van der Waals surface area (Å²) in [5, 5.41) is 9.99. The molecule has 8 heteroatoms. The van der Waals surface area contributed by atoms with Crippen LogP contribution in [0.15, 0.2) is 35.3 Å². The number of amides is 1. The Morgan fingerprint density at radius 3 is 2.33 bits per heavy atom. The van der Waals surface area contributed by atoms with Crippen LogP contribution in [-0.2, 0) is 4.74 Å². The maximum atomic E-state index is 12.4. The SMILES string of the molecule is CN=C(NCC(NC(=O)OC(C)(C)C)c1ccccc1)NC1CCN(C2CCCC2)CC1.I. The molecule has 7 nitrogen and oxygen atoms in total. The summed E-state index contributed by atoms with van der Waals surface area (Å²) in [7, 11) is 1.79. The minimum Gasteiger partial charge on any atom is -0.444 e. The maximum Gasteiger partial charge on any atom is 0.408 e. The molecule has 0 aromatic heterocycles. The van der Waals surface area contributed by atoms with Gasteiger partial charge in [-0.25, -0.2) is 4.79 Å². The van der Waals surface area contributed by atoms with Crippen LogP contribution in [0.2, 0.25) is 0 Å². The summed E-state index contributed by atoms with van der Waals surface area (Å²) in [4.78, 5) is 19.5. The van der Waals surface area contributed by atoms with Crippen LogP contribution in [0.4, 0.5) is 4.79 Å².